The number of halogens is 2. The molecule has 0 aliphatic rings. The first-order valence-electron chi connectivity index (χ1n) is 4.43. The number of aryl methyl sites for hydroxylation is 2. The van der Waals surface area contributed by atoms with Gasteiger partial charge in [0.25, 0.3) is 0 Å². The zero-order chi connectivity index (χ0) is 11.2. The highest BCUT2D eigenvalue weighted by molar-refractivity contribution is 9.10. The number of nitrogens with zero attached hydrogens (tertiary/aromatic N) is 2. The predicted octanol–water partition coefficient (Wildman–Crippen LogP) is 2.86. The molecule has 0 aliphatic heterocycles. The Labute approximate surface area is 95.0 Å². The van der Waals surface area contributed by atoms with Crippen LogP contribution >= 0.6 is 15.9 Å². The van der Waals surface area contributed by atoms with Gasteiger partial charge in [-0.1, -0.05) is 0 Å². The van der Waals surface area contributed by atoms with Gasteiger partial charge in [0.05, 0.1) is 17.3 Å². The zero-order valence-electron chi connectivity index (χ0n) is 8.64. The van der Waals surface area contributed by atoms with Gasteiger partial charge in [0.2, 0.25) is 5.82 Å². The smallest absolute Gasteiger partial charge is 0.209 e. The molecule has 0 aromatic carbocycles. The van der Waals surface area contributed by atoms with Crippen LogP contribution in [0.15, 0.2) is 10.7 Å². The van der Waals surface area contributed by atoms with Gasteiger partial charge in [-0.25, -0.2) is 4.98 Å². The first-order chi connectivity index (χ1) is 7.06. The number of aromatic nitrogens is 2. The molecule has 0 unspecified atom stereocenters. The molecule has 0 saturated heterocycles. The Kier molecular flexibility index (Phi) is 2.42. The first-order valence-corrected chi connectivity index (χ1v) is 5.22. The minimum absolute atomic E-state index is 0.188. The van der Waals surface area contributed by atoms with Crippen molar-refractivity contribution in [3.63, 3.8) is 0 Å². The summed E-state index contributed by atoms with van der Waals surface area (Å²) in [6, 6.07) is 0. The highest BCUT2D eigenvalue weighted by Crippen LogP contribution is 2.31. The van der Waals surface area contributed by atoms with Gasteiger partial charge in [-0.05, 0) is 29.8 Å². The van der Waals surface area contributed by atoms with Crippen LogP contribution in [0.25, 0.3) is 5.65 Å². The molecule has 0 aliphatic carbocycles. The monoisotopic (exact) mass is 272 g/mol. The maximum atomic E-state index is 13.9. The van der Waals surface area contributed by atoms with Crippen molar-refractivity contribution in [3.8, 4) is 5.75 Å². The van der Waals surface area contributed by atoms with E-state index in [0.717, 1.165) is 11.4 Å². The van der Waals surface area contributed by atoms with Crippen molar-refractivity contribution >= 4 is 21.6 Å². The Morgan fingerprint density at radius 1 is 1.47 bits per heavy atom. The molecule has 0 fully saturated rings. The maximum Gasteiger partial charge on any atom is 0.209 e. The summed E-state index contributed by atoms with van der Waals surface area (Å²) < 4.78 is 21.1. The summed E-state index contributed by atoms with van der Waals surface area (Å²) in [7, 11) is 1.43. The molecule has 2 aromatic heterocycles. The Morgan fingerprint density at radius 3 is 2.73 bits per heavy atom. The molecule has 0 spiro atoms. The average molecular weight is 273 g/mol. The van der Waals surface area contributed by atoms with E-state index in [-0.39, 0.29) is 5.75 Å². The molecule has 0 atom stereocenters. The number of pyridine rings is 1. The molecule has 0 radical (unpaired) electrons. The number of imidazole rings is 1. The van der Waals surface area contributed by atoms with Crippen LogP contribution in [0, 0.1) is 19.7 Å². The third-order valence-electron chi connectivity index (χ3n) is 2.45. The number of rotatable bonds is 1. The number of hydrogen-bond acceptors (Lipinski definition) is 2. The van der Waals surface area contributed by atoms with Gasteiger partial charge in [0.15, 0.2) is 11.4 Å². The van der Waals surface area contributed by atoms with Gasteiger partial charge in [-0.15, -0.1) is 0 Å². The topological polar surface area (TPSA) is 26.5 Å². The van der Waals surface area contributed by atoms with Crippen LogP contribution in [0.4, 0.5) is 4.39 Å². The third kappa shape index (κ3) is 1.42. The van der Waals surface area contributed by atoms with Crippen LogP contribution in [0.2, 0.25) is 0 Å². The van der Waals surface area contributed by atoms with Crippen molar-refractivity contribution < 1.29 is 9.13 Å². The molecular formula is C10H10BrFN2O. The second-order valence-electron chi connectivity index (χ2n) is 3.30. The fourth-order valence-corrected chi connectivity index (χ4v) is 2.05. The molecule has 2 aromatic rings. The normalized spacial score (nSPS) is 11.0. The van der Waals surface area contributed by atoms with Crippen LogP contribution in [0.3, 0.4) is 0 Å². The first kappa shape index (κ1) is 10.4. The molecular weight excluding hydrogens is 263 g/mol. The average Bonchev–Trinajstić information content (AvgIpc) is 2.46. The van der Waals surface area contributed by atoms with Crippen molar-refractivity contribution in [1.29, 1.82) is 0 Å². The second kappa shape index (κ2) is 3.48. The van der Waals surface area contributed by atoms with Crippen LogP contribution in [0.5, 0.6) is 5.75 Å². The Morgan fingerprint density at radius 2 is 2.13 bits per heavy atom. The lowest BCUT2D eigenvalue weighted by Crippen LogP contribution is -1.96. The summed E-state index contributed by atoms with van der Waals surface area (Å²) in [6.45, 7) is 3.75. The summed E-state index contributed by atoms with van der Waals surface area (Å²) in [5.41, 5.74) is 2.03. The third-order valence-corrected chi connectivity index (χ3v) is 3.01. The molecule has 5 heteroatoms. The van der Waals surface area contributed by atoms with Crippen molar-refractivity contribution in [2.45, 2.75) is 13.8 Å². The summed E-state index contributed by atoms with van der Waals surface area (Å²) in [5.74, 6) is -0.254. The summed E-state index contributed by atoms with van der Waals surface area (Å²) in [4.78, 5) is 4.15. The van der Waals surface area contributed by atoms with E-state index in [1.807, 2.05) is 13.8 Å². The van der Waals surface area contributed by atoms with Gasteiger partial charge in [-0.2, -0.15) is 4.39 Å². The van der Waals surface area contributed by atoms with Gasteiger partial charge in [0, 0.05) is 11.9 Å². The summed E-state index contributed by atoms with van der Waals surface area (Å²) >= 11 is 3.26. The molecule has 2 rings (SSSR count). The van der Waals surface area contributed by atoms with E-state index in [0.29, 0.717) is 10.1 Å². The summed E-state index contributed by atoms with van der Waals surface area (Å²) in [6.07, 6.45) is 1.76. The van der Waals surface area contributed by atoms with Gasteiger partial charge >= 0.3 is 0 Å². The van der Waals surface area contributed by atoms with Crippen LogP contribution in [0.1, 0.15) is 11.4 Å². The number of fused-ring (bicyclic) bond motifs is 1. The van der Waals surface area contributed by atoms with Crippen molar-refractivity contribution in [2.24, 2.45) is 0 Å². The van der Waals surface area contributed by atoms with E-state index in [1.54, 1.807) is 10.6 Å². The van der Waals surface area contributed by atoms with E-state index in [1.165, 1.54) is 7.11 Å². The minimum Gasteiger partial charge on any atom is -0.492 e. The fourth-order valence-electron chi connectivity index (χ4n) is 1.51. The lowest BCUT2D eigenvalue weighted by molar-refractivity contribution is 0.384. The lowest BCUT2D eigenvalue weighted by Gasteiger charge is -2.06. The molecule has 0 bridgehead atoms. The molecule has 80 valence electrons. The van der Waals surface area contributed by atoms with E-state index in [2.05, 4.69) is 20.9 Å². The lowest BCUT2D eigenvalue weighted by atomic mass is 10.4. The number of ether oxygens (including phenoxy) is 1. The highest BCUT2D eigenvalue weighted by Gasteiger charge is 2.16. The number of methoxy groups -OCH3 is 1. The fraction of sp³-hybridized carbons (Fsp3) is 0.300. The van der Waals surface area contributed by atoms with Gasteiger partial charge in [-0.3, -0.25) is 0 Å². The molecule has 0 amide bonds. The largest absolute Gasteiger partial charge is 0.492 e. The molecule has 2 heterocycles. The highest BCUT2D eigenvalue weighted by atomic mass is 79.9. The quantitative estimate of drug-likeness (QED) is 0.798. The van der Waals surface area contributed by atoms with E-state index in [9.17, 15) is 4.39 Å². The van der Waals surface area contributed by atoms with Gasteiger partial charge in [0.1, 0.15) is 0 Å². The number of hydrogen-bond donors (Lipinski definition) is 0. The molecule has 0 N–H and O–H groups in total. The van der Waals surface area contributed by atoms with Crippen molar-refractivity contribution in [1.82, 2.24) is 9.38 Å². The second-order valence-corrected chi connectivity index (χ2v) is 4.15. The standard InChI is InChI=1S/C10H10BrFN2O/c1-5-6(2)14-4-7(11)9(15-3)8(12)10(14)13-5/h4H,1-3H3. The summed E-state index contributed by atoms with van der Waals surface area (Å²) in [5, 5.41) is 0. The zero-order valence-corrected chi connectivity index (χ0v) is 10.2. The van der Waals surface area contributed by atoms with Crippen LogP contribution in [-0.2, 0) is 0 Å². The molecule has 3 nitrogen and oxygen atoms in total. The SMILES string of the molecule is COc1c(Br)cn2c(C)c(C)nc2c1F. The van der Waals surface area contributed by atoms with E-state index in [4.69, 9.17) is 4.74 Å². The van der Waals surface area contributed by atoms with Crippen molar-refractivity contribution in [2.75, 3.05) is 7.11 Å². The van der Waals surface area contributed by atoms with E-state index >= 15 is 0 Å². The Bertz CT molecular complexity index is 536. The predicted molar refractivity (Wildman–Crippen MR) is 58.9 cm³/mol. The van der Waals surface area contributed by atoms with Crippen LogP contribution < -0.4 is 4.74 Å². The van der Waals surface area contributed by atoms with E-state index < -0.39 is 5.82 Å². The Hall–Kier alpha value is -1.10. The maximum absolute atomic E-state index is 13.9. The van der Waals surface area contributed by atoms with Crippen LogP contribution in [-0.4, -0.2) is 16.5 Å². The van der Waals surface area contributed by atoms with Gasteiger partial charge < -0.3 is 9.14 Å². The molecule has 0 saturated carbocycles. The Balaban J connectivity index is 2.90. The van der Waals surface area contributed by atoms with Crippen molar-refractivity contribution in [3.05, 3.63) is 27.9 Å². The molecule has 15 heavy (non-hydrogen) atoms. The minimum atomic E-state index is -0.442.